The van der Waals surface area contributed by atoms with Crippen LogP contribution in [0, 0.1) is 0 Å². The van der Waals surface area contributed by atoms with E-state index in [4.69, 9.17) is 14.2 Å². The second-order valence-electron chi connectivity index (χ2n) is 4.31. The lowest BCUT2D eigenvalue weighted by atomic mass is 10.1. The lowest BCUT2D eigenvalue weighted by molar-refractivity contribution is -0.121. The van der Waals surface area contributed by atoms with Crippen LogP contribution in [0.5, 0.6) is 17.2 Å². The Morgan fingerprint density at radius 1 is 1.35 bits per heavy atom. The van der Waals surface area contributed by atoms with Gasteiger partial charge in [-0.25, -0.2) is 4.79 Å². The molecule has 0 spiro atoms. The Morgan fingerprint density at radius 3 is 2.80 bits per heavy atom. The van der Waals surface area contributed by atoms with Crippen LogP contribution < -0.4 is 19.5 Å². The highest BCUT2D eigenvalue weighted by molar-refractivity contribution is 6.13. The molecule has 0 aliphatic carbocycles. The summed E-state index contributed by atoms with van der Waals surface area (Å²) in [6.07, 6.45) is 1.56. The molecule has 7 heteroatoms. The molecule has 20 heavy (non-hydrogen) atoms. The van der Waals surface area contributed by atoms with Gasteiger partial charge in [-0.05, 0) is 23.8 Å². The van der Waals surface area contributed by atoms with Gasteiger partial charge in [0.05, 0.1) is 7.11 Å². The van der Waals surface area contributed by atoms with Crippen molar-refractivity contribution in [2.75, 3.05) is 21.0 Å². The van der Waals surface area contributed by atoms with Gasteiger partial charge in [0.15, 0.2) is 11.5 Å². The highest BCUT2D eigenvalue weighted by atomic mass is 16.7. The van der Waals surface area contributed by atoms with E-state index in [1.165, 1.54) is 14.2 Å². The highest BCUT2D eigenvalue weighted by Crippen LogP contribution is 2.42. The number of nitrogens with zero attached hydrogens (tertiary/aromatic N) is 1. The monoisotopic (exact) mass is 276 g/mol. The molecule has 1 aromatic rings. The number of carbonyl (C=O) groups excluding carboxylic acids is 2. The molecule has 1 N–H and O–H groups in total. The Bertz CT molecular complexity index is 638. The SMILES string of the molecule is COc1cc(/C=C2/NC(=O)N(C)C2=O)cc2c1OCO2. The molecule has 3 rings (SSSR count). The topological polar surface area (TPSA) is 77.1 Å². The van der Waals surface area contributed by atoms with Crippen LogP contribution in [0.4, 0.5) is 4.79 Å². The summed E-state index contributed by atoms with van der Waals surface area (Å²) in [7, 11) is 2.93. The summed E-state index contributed by atoms with van der Waals surface area (Å²) in [5.74, 6) is 1.21. The number of ether oxygens (including phenoxy) is 3. The van der Waals surface area contributed by atoms with Crippen LogP contribution in [0.3, 0.4) is 0 Å². The molecule has 2 aliphatic heterocycles. The van der Waals surface area contributed by atoms with Gasteiger partial charge in [0.1, 0.15) is 5.70 Å². The van der Waals surface area contributed by atoms with Crippen LogP contribution in [0.1, 0.15) is 5.56 Å². The van der Waals surface area contributed by atoms with E-state index in [0.29, 0.717) is 22.8 Å². The maximum atomic E-state index is 11.8. The minimum absolute atomic E-state index is 0.129. The van der Waals surface area contributed by atoms with E-state index in [1.54, 1.807) is 18.2 Å². The highest BCUT2D eigenvalue weighted by Gasteiger charge is 2.30. The van der Waals surface area contributed by atoms with Gasteiger partial charge < -0.3 is 19.5 Å². The average Bonchev–Trinajstić information content (AvgIpc) is 2.99. The van der Waals surface area contributed by atoms with E-state index < -0.39 is 6.03 Å². The zero-order valence-electron chi connectivity index (χ0n) is 10.9. The summed E-state index contributed by atoms with van der Waals surface area (Å²) in [6.45, 7) is 0.129. The number of urea groups is 1. The van der Waals surface area contributed by atoms with Crippen molar-refractivity contribution in [2.45, 2.75) is 0 Å². The predicted molar refractivity (Wildman–Crippen MR) is 68.4 cm³/mol. The molecule has 0 radical (unpaired) electrons. The number of fused-ring (bicyclic) bond motifs is 1. The second-order valence-corrected chi connectivity index (χ2v) is 4.31. The standard InChI is InChI=1S/C13H12N2O5/c1-15-12(16)8(14-13(15)17)3-7-4-9(18-2)11-10(5-7)19-6-20-11/h3-5H,6H2,1-2H3,(H,14,17)/b8-3+. The van der Waals surface area contributed by atoms with Crippen molar-refractivity contribution >= 4 is 18.0 Å². The number of methoxy groups -OCH3 is 1. The van der Waals surface area contributed by atoms with Crippen LogP contribution in [-0.4, -0.2) is 37.8 Å². The fourth-order valence-electron chi connectivity index (χ4n) is 2.02. The number of hydrogen-bond donors (Lipinski definition) is 1. The zero-order valence-corrected chi connectivity index (χ0v) is 10.9. The third-order valence-electron chi connectivity index (χ3n) is 3.07. The minimum Gasteiger partial charge on any atom is -0.493 e. The number of nitrogens with one attached hydrogen (secondary N) is 1. The molecule has 104 valence electrons. The Balaban J connectivity index is 2.00. The maximum absolute atomic E-state index is 11.8. The molecule has 2 heterocycles. The van der Waals surface area contributed by atoms with Gasteiger partial charge in [-0.2, -0.15) is 0 Å². The molecule has 0 bridgehead atoms. The fraction of sp³-hybridized carbons (Fsp3) is 0.231. The molecule has 2 aliphatic rings. The van der Waals surface area contributed by atoms with Gasteiger partial charge in [-0.1, -0.05) is 0 Å². The molecule has 0 aromatic heterocycles. The first kappa shape index (κ1) is 12.3. The van der Waals surface area contributed by atoms with Crippen LogP contribution >= 0.6 is 0 Å². The normalized spacial score (nSPS) is 18.7. The molecule has 1 saturated heterocycles. The van der Waals surface area contributed by atoms with Crippen molar-refractivity contribution < 1.29 is 23.8 Å². The second kappa shape index (κ2) is 4.44. The van der Waals surface area contributed by atoms with Gasteiger partial charge in [-0.15, -0.1) is 0 Å². The molecule has 0 atom stereocenters. The van der Waals surface area contributed by atoms with Gasteiger partial charge in [0.2, 0.25) is 12.5 Å². The van der Waals surface area contributed by atoms with E-state index >= 15 is 0 Å². The molecular formula is C13H12N2O5. The van der Waals surface area contributed by atoms with Gasteiger partial charge >= 0.3 is 6.03 Å². The zero-order chi connectivity index (χ0) is 14.3. The minimum atomic E-state index is -0.450. The van der Waals surface area contributed by atoms with Crippen LogP contribution in [0.25, 0.3) is 6.08 Å². The van der Waals surface area contributed by atoms with Crippen LogP contribution in [0.2, 0.25) is 0 Å². The number of amides is 3. The molecule has 1 fully saturated rings. The van der Waals surface area contributed by atoms with Gasteiger partial charge in [0, 0.05) is 7.05 Å². The largest absolute Gasteiger partial charge is 0.493 e. The summed E-state index contributed by atoms with van der Waals surface area (Å²) in [5.41, 5.74) is 0.878. The van der Waals surface area contributed by atoms with Crippen molar-refractivity contribution in [2.24, 2.45) is 0 Å². The van der Waals surface area contributed by atoms with Crippen molar-refractivity contribution in [3.63, 3.8) is 0 Å². The van der Waals surface area contributed by atoms with E-state index in [-0.39, 0.29) is 18.4 Å². The third-order valence-corrected chi connectivity index (χ3v) is 3.07. The number of carbonyl (C=O) groups is 2. The van der Waals surface area contributed by atoms with Crippen molar-refractivity contribution in [3.8, 4) is 17.2 Å². The Kier molecular flexibility index (Phi) is 2.74. The van der Waals surface area contributed by atoms with Crippen LogP contribution in [-0.2, 0) is 4.79 Å². The summed E-state index contributed by atoms with van der Waals surface area (Å²) >= 11 is 0. The van der Waals surface area contributed by atoms with E-state index in [1.807, 2.05) is 0 Å². The molecule has 0 unspecified atom stereocenters. The van der Waals surface area contributed by atoms with E-state index in [2.05, 4.69) is 5.32 Å². The number of imide groups is 1. The van der Waals surface area contributed by atoms with Gasteiger partial charge in [-0.3, -0.25) is 9.69 Å². The molecule has 7 nitrogen and oxygen atoms in total. The molecule has 1 aromatic carbocycles. The predicted octanol–water partition coefficient (Wildman–Crippen LogP) is 0.946. The Hall–Kier alpha value is -2.70. The number of rotatable bonds is 2. The fourth-order valence-corrected chi connectivity index (χ4v) is 2.02. The number of hydrogen-bond acceptors (Lipinski definition) is 5. The lowest BCUT2D eigenvalue weighted by Gasteiger charge is -2.06. The van der Waals surface area contributed by atoms with E-state index in [9.17, 15) is 9.59 Å². The first-order valence-corrected chi connectivity index (χ1v) is 5.88. The van der Waals surface area contributed by atoms with Gasteiger partial charge in [0.25, 0.3) is 5.91 Å². The molecular weight excluding hydrogens is 264 g/mol. The number of benzene rings is 1. The summed E-state index contributed by atoms with van der Waals surface area (Å²) in [6, 6.07) is 2.97. The summed E-state index contributed by atoms with van der Waals surface area (Å²) in [5, 5.41) is 2.49. The third kappa shape index (κ3) is 1.83. The average molecular weight is 276 g/mol. The number of likely N-dealkylation sites (N-methyl/N-ethyl adjacent to an activating group) is 1. The molecule has 3 amide bonds. The first-order valence-electron chi connectivity index (χ1n) is 5.88. The maximum Gasteiger partial charge on any atom is 0.328 e. The smallest absolute Gasteiger partial charge is 0.328 e. The van der Waals surface area contributed by atoms with Crippen molar-refractivity contribution in [3.05, 3.63) is 23.4 Å². The summed E-state index contributed by atoms with van der Waals surface area (Å²) in [4.78, 5) is 24.2. The van der Waals surface area contributed by atoms with E-state index in [0.717, 1.165) is 4.90 Å². The molecule has 0 saturated carbocycles. The lowest BCUT2D eigenvalue weighted by Crippen LogP contribution is -2.25. The Labute approximate surface area is 114 Å². The van der Waals surface area contributed by atoms with Crippen LogP contribution in [0.15, 0.2) is 17.8 Å². The van der Waals surface area contributed by atoms with Crippen molar-refractivity contribution in [1.82, 2.24) is 10.2 Å². The quantitative estimate of drug-likeness (QED) is 0.642. The van der Waals surface area contributed by atoms with Crippen molar-refractivity contribution in [1.29, 1.82) is 0 Å². The first-order chi connectivity index (χ1) is 9.60. The summed E-state index contributed by atoms with van der Waals surface area (Å²) < 4.78 is 15.8. The Morgan fingerprint density at radius 2 is 2.15 bits per heavy atom.